The molecule has 1 aromatic rings. The molecule has 3 saturated heterocycles. The number of amides is 2. The van der Waals surface area contributed by atoms with Gasteiger partial charge in [-0.25, -0.2) is 0 Å². The quantitative estimate of drug-likeness (QED) is 0.761. The minimum absolute atomic E-state index is 0.167. The molecule has 4 fully saturated rings. The van der Waals surface area contributed by atoms with Gasteiger partial charge in [0.15, 0.2) is 0 Å². The van der Waals surface area contributed by atoms with Gasteiger partial charge in [0.1, 0.15) is 0 Å². The van der Waals surface area contributed by atoms with E-state index in [1.165, 1.54) is 0 Å². The molecule has 0 aromatic carbocycles. The second-order valence-electron chi connectivity index (χ2n) is 9.70. The summed E-state index contributed by atoms with van der Waals surface area (Å²) >= 11 is 1.59. The average Bonchev–Trinajstić information content (AvgIpc) is 3.53. The molecule has 2 amide bonds. The zero-order valence-electron chi connectivity index (χ0n) is 17.6. The van der Waals surface area contributed by atoms with E-state index >= 15 is 0 Å². The van der Waals surface area contributed by atoms with Crippen LogP contribution in [0, 0.1) is 16.7 Å². The number of carbonyl (C=O) groups is 2. The van der Waals surface area contributed by atoms with E-state index in [1.54, 1.807) is 11.3 Å². The Bertz CT molecular complexity index is 765. The van der Waals surface area contributed by atoms with Crippen LogP contribution in [0.15, 0.2) is 16.8 Å². The van der Waals surface area contributed by atoms with Gasteiger partial charge in [0.2, 0.25) is 5.91 Å². The van der Waals surface area contributed by atoms with Crippen LogP contribution >= 0.6 is 11.3 Å². The first-order chi connectivity index (χ1) is 14.1. The van der Waals surface area contributed by atoms with Gasteiger partial charge in [-0.1, -0.05) is 6.92 Å². The number of carbonyl (C=O) groups excluding carboxylic acids is 2. The van der Waals surface area contributed by atoms with E-state index in [0.717, 1.165) is 89.9 Å². The summed E-state index contributed by atoms with van der Waals surface area (Å²) < 4.78 is 0. The van der Waals surface area contributed by atoms with Crippen molar-refractivity contribution in [1.29, 1.82) is 0 Å². The van der Waals surface area contributed by atoms with Crippen LogP contribution in [-0.2, 0) is 4.79 Å². The Kier molecular flexibility index (Phi) is 4.98. The molecule has 0 unspecified atom stereocenters. The second-order valence-corrected chi connectivity index (χ2v) is 10.5. The Morgan fingerprint density at radius 3 is 2.48 bits per heavy atom. The van der Waals surface area contributed by atoms with E-state index in [1.807, 2.05) is 21.7 Å². The fourth-order valence-electron chi connectivity index (χ4n) is 6.81. The molecule has 5 nitrogen and oxygen atoms in total. The van der Waals surface area contributed by atoms with Gasteiger partial charge in [-0.2, -0.15) is 11.3 Å². The third-order valence-electron chi connectivity index (χ3n) is 8.50. The second kappa shape index (κ2) is 7.38. The third-order valence-corrected chi connectivity index (χ3v) is 9.19. The fraction of sp³-hybridized carbons (Fsp3) is 0.739. The molecule has 1 saturated carbocycles. The van der Waals surface area contributed by atoms with Crippen molar-refractivity contribution >= 4 is 23.2 Å². The van der Waals surface area contributed by atoms with Crippen molar-refractivity contribution < 1.29 is 9.59 Å². The Balaban J connectivity index is 1.35. The molecule has 6 heteroatoms. The first kappa shape index (κ1) is 19.6. The summed E-state index contributed by atoms with van der Waals surface area (Å²) in [6.45, 7) is 8.85. The predicted octanol–water partition coefficient (Wildman–Crippen LogP) is 3.32. The molecule has 3 aliphatic heterocycles. The zero-order chi connectivity index (χ0) is 20.1. The number of piperidine rings is 1. The van der Waals surface area contributed by atoms with Crippen molar-refractivity contribution in [3.63, 3.8) is 0 Å². The first-order valence-corrected chi connectivity index (χ1v) is 12.4. The molecule has 2 atom stereocenters. The third kappa shape index (κ3) is 3.05. The number of likely N-dealkylation sites (tertiary alicyclic amines) is 3. The molecule has 158 valence electrons. The van der Waals surface area contributed by atoms with E-state index in [0.29, 0.717) is 11.8 Å². The van der Waals surface area contributed by atoms with Crippen LogP contribution in [0.3, 0.4) is 0 Å². The summed E-state index contributed by atoms with van der Waals surface area (Å²) in [7, 11) is 0. The van der Waals surface area contributed by atoms with Gasteiger partial charge >= 0.3 is 0 Å². The summed E-state index contributed by atoms with van der Waals surface area (Å²) in [5, 5.41) is 3.93. The number of rotatable bonds is 3. The lowest BCUT2D eigenvalue weighted by molar-refractivity contribution is -0.142. The fourth-order valence-corrected chi connectivity index (χ4v) is 7.44. The van der Waals surface area contributed by atoms with E-state index in [9.17, 15) is 9.59 Å². The van der Waals surface area contributed by atoms with E-state index in [4.69, 9.17) is 0 Å². The summed E-state index contributed by atoms with van der Waals surface area (Å²) in [5.74, 6) is 1.09. The highest BCUT2D eigenvalue weighted by Gasteiger charge is 2.64. The van der Waals surface area contributed by atoms with Crippen LogP contribution in [0.25, 0.3) is 0 Å². The topological polar surface area (TPSA) is 43.9 Å². The van der Waals surface area contributed by atoms with Crippen LogP contribution in [0.2, 0.25) is 0 Å². The Morgan fingerprint density at radius 2 is 1.83 bits per heavy atom. The lowest BCUT2D eigenvalue weighted by atomic mass is 9.65. The lowest BCUT2D eigenvalue weighted by Crippen LogP contribution is -2.50. The monoisotopic (exact) mass is 415 g/mol. The predicted molar refractivity (Wildman–Crippen MR) is 115 cm³/mol. The molecule has 0 radical (unpaired) electrons. The van der Waals surface area contributed by atoms with Gasteiger partial charge in [-0.15, -0.1) is 0 Å². The highest BCUT2D eigenvalue weighted by Crippen LogP contribution is 2.62. The van der Waals surface area contributed by atoms with Crippen molar-refractivity contribution in [2.45, 2.75) is 45.4 Å². The van der Waals surface area contributed by atoms with E-state index in [-0.39, 0.29) is 16.7 Å². The van der Waals surface area contributed by atoms with E-state index in [2.05, 4.69) is 16.7 Å². The van der Waals surface area contributed by atoms with Crippen molar-refractivity contribution in [2.75, 3.05) is 45.8 Å². The Labute approximate surface area is 178 Å². The Hall–Kier alpha value is -1.40. The van der Waals surface area contributed by atoms with E-state index < -0.39 is 0 Å². The molecular formula is C23H33N3O2S. The highest BCUT2D eigenvalue weighted by atomic mass is 32.1. The molecule has 1 aromatic heterocycles. The summed E-state index contributed by atoms with van der Waals surface area (Å²) in [4.78, 5) is 33.2. The maximum absolute atomic E-state index is 13.7. The summed E-state index contributed by atoms with van der Waals surface area (Å²) in [6, 6.07) is 1.93. The molecular weight excluding hydrogens is 382 g/mol. The maximum Gasteiger partial charge on any atom is 0.254 e. The SMILES string of the molecule is CCN1C[C@H]2C3(CCN(C(=O)c4ccsc4)CC3)CC[C@@]2(C(=O)N2CCCC2)C1. The van der Waals surface area contributed by atoms with Crippen LogP contribution in [0.4, 0.5) is 0 Å². The molecule has 1 aliphatic carbocycles. The van der Waals surface area contributed by atoms with Crippen LogP contribution in [0.5, 0.6) is 0 Å². The molecule has 0 N–H and O–H groups in total. The largest absolute Gasteiger partial charge is 0.342 e. The van der Waals surface area contributed by atoms with Crippen LogP contribution in [0.1, 0.15) is 55.8 Å². The molecule has 1 spiro atoms. The van der Waals surface area contributed by atoms with Crippen molar-refractivity contribution in [2.24, 2.45) is 16.7 Å². The summed E-state index contributed by atoms with van der Waals surface area (Å²) in [5.41, 5.74) is 0.902. The smallest absolute Gasteiger partial charge is 0.254 e. The van der Waals surface area contributed by atoms with Gasteiger partial charge in [0.05, 0.1) is 11.0 Å². The molecule has 0 bridgehead atoms. The van der Waals surface area contributed by atoms with Crippen molar-refractivity contribution in [3.05, 3.63) is 22.4 Å². The molecule has 5 rings (SSSR count). The molecule has 4 aliphatic rings. The standard InChI is InChI=1S/C23H33N3O2S/c1-2-24-15-19-22(6-7-23(19,17-24)21(28)26-10-3-4-11-26)8-12-25(13-9-22)20(27)18-5-14-29-16-18/h5,14,16,19H,2-4,6-13,15,17H2,1H3/t19-,23+/m0/s1. The van der Waals surface area contributed by atoms with Gasteiger partial charge in [0, 0.05) is 44.6 Å². The van der Waals surface area contributed by atoms with Gasteiger partial charge < -0.3 is 14.7 Å². The van der Waals surface area contributed by atoms with Gasteiger partial charge in [-0.3, -0.25) is 9.59 Å². The average molecular weight is 416 g/mol. The van der Waals surface area contributed by atoms with Gasteiger partial charge in [0.25, 0.3) is 5.91 Å². The van der Waals surface area contributed by atoms with Crippen LogP contribution in [-0.4, -0.2) is 72.3 Å². The minimum atomic E-state index is -0.167. The van der Waals surface area contributed by atoms with Crippen molar-refractivity contribution in [1.82, 2.24) is 14.7 Å². The first-order valence-electron chi connectivity index (χ1n) is 11.4. The lowest BCUT2D eigenvalue weighted by Gasteiger charge is -2.45. The number of thiophene rings is 1. The molecule has 4 heterocycles. The van der Waals surface area contributed by atoms with Gasteiger partial charge in [-0.05, 0) is 67.8 Å². The number of hydrogen-bond acceptors (Lipinski definition) is 4. The number of hydrogen-bond donors (Lipinski definition) is 0. The summed E-state index contributed by atoms with van der Waals surface area (Å²) in [6.07, 6.45) is 6.64. The number of fused-ring (bicyclic) bond motifs is 2. The number of nitrogens with zero attached hydrogens (tertiary/aromatic N) is 3. The normalized spacial score (nSPS) is 31.6. The zero-order valence-corrected chi connectivity index (χ0v) is 18.4. The maximum atomic E-state index is 13.7. The molecule has 29 heavy (non-hydrogen) atoms. The Morgan fingerprint density at radius 1 is 1.07 bits per heavy atom. The van der Waals surface area contributed by atoms with Crippen LogP contribution < -0.4 is 0 Å². The van der Waals surface area contributed by atoms with Crippen molar-refractivity contribution in [3.8, 4) is 0 Å². The minimum Gasteiger partial charge on any atom is -0.342 e. The highest BCUT2D eigenvalue weighted by molar-refractivity contribution is 7.08.